The van der Waals surface area contributed by atoms with Crippen LogP contribution in [0.15, 0.2) is 23.1 Å². The minimum absolute atomic E-state index is 0.110. The van der Waals surface area contributed by atoms with Crippen LogP contribution in [0.5, 0.6) is 23.0 Å². The normalized spacial score (nSPS) is 11.4. The Morgan fingerprint density at radius 3 is 1.07 bits per heavy atom. The van der Waals surface area contributed by atoms with E-state index in [2.05, 4.69) is 23.2 Å². The minimum Gasteiger partial charge on any atom is -0.493 e. The van der Waals surface area contributed by atoms with Crippen LogP contribution in [0.1, 0.15) is 194 Å². The molecule has 0 bridgehead atoms. The Bertz CT molecular complexity index is 1170. The van der Waals surface area contributed by atoms with Gasteiger partial charge in [0, 0.05) is 18.2 Å². The molecule has 0 fully saturated rings. The molecule has 0 heterocycles. The van der Waals surface area contributed by atoms with Crippen LogP contribution in [0.2, 0.25) is 0 Å². The Balaban J connectivity index is 1.83. The summed E-state index contributed by atoms with van der Waals surface area (Å²) in [7, 11) is 0. The lowest BCUT2D eigenvalue weighted by Gasteiger charge is -2.15. The Kier molecular flexibility index (Phi) is 29.2. The van der Waals surface area contributed by atoms with E-state index in [9.17, 15) is 17.6 Å². The fourth-order valence-electron chi connectivity index (χ4n) is 6.67. The summed E-state index contributed by atoms with van der Waals surface area (Å²) < 4.78 is 80.3. The van der Waals surface area contributed by atoms with Crippen molar-refractivity contribution in [1.29, 1.82) is 0 Å². The molecule has 0 radical (unpaired) electrons. The molecule has 0 aliphatic rings. The average molecular weight is 803 g/mol. The molecule has 2 rings (SSSR count). The predicted molar refractivity (Wildman–Crippen MR) is 215 cm³/mol. The van der Waals surface area contributed by atoms with Crippen molar-refractivity contribution < 1.29 is 46.4 Å². The van der Waals surface area contributed by atoms with E-state index in [1.165, 1.54) is 153 Å². The number of halogens is 4. The number of hydrogen-bond acceptors (Lipinski definition) is 7. The van der Waals surface area contributed by atoms with Gasteiger partial charge in [-0.2, -0.15) is 8.78 Å². The van der Waals surface area contributed by atoms with Gasteiger partial charge in [-0.3, -0.25) is 0 Å². The molecule has 6 nitrogen and oxygen atoms in total. The van der Waals surface area contributed by atoms with Crippen LogP contribution >= 0.6 is 12.0 Å². The highest BCUT2D eigenvalue weighted by Gasteiger charge is 2.29. The van der Waals surface area contributed by atoms with Gasteiger partial charge in [0.05, 0.1) is 25.3 Å². The van der Waals surface area contributed by atoms with E-state index in [1.54, 1.807) is 6.07 Å². The third kappa shape index (κ3) is 22.4. The minimum atomic E-state index is -1.78. The number of hydrogen-bond donors (Lipinski definition) is 1. The van der Waals surface area contributed by atoms with E-state index in [0.717, 1.165) is 38.5 Å². The van der Waals surface area contributed by atoms with Gasteiger partial charge in [-0.15, -0.1) is 4.33 Å². The molecule has 0 amide bonds. The van der Waals surface area contributed by atoms with Gasteiger partial charge >= 0.3 is 0 Å². The van der Waals surface area contributed by atoms with Crippen molar-refractivity contribution in [2.24, 2.45) is 0 Å². The smallest absolute Gasteiger partial charge is 0.205 e. The first-order chi connectivity index (χ1) is 26.9. The number of ether oxygens (including phenoxy) is 3. The average Bonchev–Trinajstić information content (AvgIpc) is 3.18. The summed E-state index contributed by atoms with van der Waals surface area (Å²) in [6.45, 7) is 5.34. The zero-order chi connectivity index (χ0) is 39.8. The second-order valence-electron chi connectivity index (χ2n) is 14.8. The largest absolute Gasteiger partial charge is 0.493 e. The first-order valence-electron chi connectivity index (χ1n) is 21.5. The zero-order valence-corrected chi connectivity index (χ0v) is 34.7. The van der Waals surface area contributed by atoms with Crippen molar-refractivity contribution >= 4 is 12.0 Å². The predicted octanol–water partition coefficient (Wildman–Crippen LogP) is 16.2. The maximum absolute atomic E-state index is 14.9. The van der Waals surface area contributed by atoms with Crippen LogP contribution in [0.4, 0.5) is 17.6 Å². The topological polar surface area (TPSA) is 66.4 Å². The lowest BCUT2D eigenvalue weighted by atomic mass is 10.0. The monoisotopic (exact) mass is 802 g/mol. The van der Waals surface area contributed by atoms with Crippen molar-refractivity contribution in [1.82, 2.24) is 0 Å². The van der Waals surface area contributed by atoms with E-state index in [0.29, 0.717) is 24.7 Å². The molecule has 0 saturated heterocycles. The SMILES string of the molecule is CCCCCCCCCCCCCCCCOc1cc(OCCCCCCCCCCCCCCCC)cc(Oc2c(F)c(F)c(SOOO)c(F)c2F)c1. The Hall–Kier alpha value is -2.21. The van der Waals surface area contributed by atoms with Gasteiger partial charge in [0.15, 0.2) is 11.6 Å². The van der Waals surface area contributed by atoms with Crippen molar-refractivity contribution in [3.8, 4) is 23.0 Å². The van der Waals surface area contributed by atoms with E-state index >= 15 is 0 Å². The van der Waals surface area contributed by atoms with Crippen molar-refractivity contribution in [3.05, 3.63) is 41.5 Å². The van der Waals surface area contributed by atoms with E-state index in [1.807, 2.05) is 0 Å². The molecular weight excluding hydrogens is 733 g/mol. The van der Waals surface area contributed by atoms with Crippen LogP contribution < -0.4 is 14.2 Å². The molecule has 2 aromatic carbocycles. The van der Waals surface area contributed by atoms with Crippen molar-refractivity contribution in [2.45, 2.75) is 199 Å². The molecule has 55 heavy (non-hydrogen) atoms. The Morgan fingerprint density at radius 2 is 0.745 bits per heavy atom. The van der Waals surface area contributed by atoms with Gasteiger partial charge in [0.1, 0.15) is 22.1 Å². The van der Waals surface area contributed by atoms with E-state index < -0.39 is 33.9 Å². The summed E-state index contributed by atoms with van der Waals surface area (Å²) in [6, 6.07) is 4.49. The second-order valence-corrected chi connectivity index (χ2v) is 15.5. The number of rotatable bonds is 37. The second kappa shape index (κ2) is 32.8. The third-order valence-electron chi connectivity index (χ3n) is 9.94. The molecule has 316 valence electrons. The Morgan fingerprint density at radius 1 is 0.436 bits per heavy atom. The first-order valence-corrected chi connectivity index (χ1v) is 22.3. The van der Waals surface area contributed by atoms with Gasteiger partial charge in [-0.1, -0.05) is 186 Å². The lowest BCUT2D eigenvalue weighted by molar-refractivity contribution is -0.432. The summed E-state index contributed by atoms with van der Waals surface area (Å²) in [5.74, 6) is -7.77. The molecule has 0 saturated carbocycles. The summed E-state index contributed by atoms with van der Waals surface area (Å²) >= 11 is -0.229. The molecule has 11 heteroatoms. The molecule has 0 atom stereocenters. The summed E-state index contributed by atoms with van der Waals surface area (Å²) in [6.07, 6.45) is 34.8. The molecular formula is C44H70F4O6S. The van der Waals surface area contributed by atoms with Crippen LogP contribution in [-0.4, -0.2) is 18.5 Å². The fourth-order valence-corrected chi connectivity index (χ4v) is 7.09. The van der Waals surface area contributed by atoms with Gasteiger partial charge in [0.25, 0.3) is 0 Å². The maximum atomic E-state index is 14.9. The molecule has 0 aromatic heterocycles. The number of benzene rings is 2. The molecule has 1 N–H and O–H groups in total. The fraction of sp³-hybridized carbons (Fsp3) is 0.727. The standard InChI is InChI=1S/C44H70F4O6S/c1-3-5-7-9-11-13-15-17-19-21-23-25-27-29-31-50-36-33-37(51-32-30-28-26-24-22-20-18-16-14-12-10-8-6-4-2)35-38(34-36)52-43-39(45)41(47)44(55-54-53-49)42(48)40(43)46/h33-35,49H,3-32H2,1-2H3. The van der Waals surface area contributed by atoms with E-state index in [-0.39, 0.29) is 17.8 Å². The van der Waals surface area contributed by atoms with Crippen molar-refractivity contribution in [3.63, 3.8) is 0 Å². The summed E-state index contributed by atoms with van der Waals surface area (Å²) in [5, 5.41) is 11.6. The maximum Gasteiger partial charge on any atom is 0.205 e. The van der Waals surface area contributed by atoms with Crippen LogP contribution in [0, 0.1) is 23.3 Å². The van der Waals surface area contributed by atoms with Crippen LogP contribution in [0.3, 0.4) is 0 Å². The summed E-state index contributed by atoms with van der Waals surface area (Å²) in [5.41, 5.74) is 0. The first kappa shape index (κ1) is 48.9. The van der Waals surface area contributed by atoms with Crippen LogP contribution in [-0.2, 0) is 9.37 Å². The van der Waals surface area contributed by atoms with Gasteiger partial charge < -0.3 is 14.2 Å². The molecule has 0 aliphatic heterocycles. The highest BCUT2D eigenvalue weighted by molar-refractivity contribution is 7.94. The molecule has 0 spiro atoms. The Labute approximate surface area is 333 Å². The van der Waals surface area contributed by atoms with Gasteiger partial charge in [0.2, 0.25) is 17.4 Å². The van der Waals surface area contributed by atoms with Gasteiger partial charge in [-0.05, 0) is 12.8 Å². The van der Waals surface area contributed by atoms with Crippen molar-refractivity contribution in [2.75, 3.05) is 13.2 Å². The highest BCUT2D eigenvalue weighted by atomic mass is 32.2. The quantitative estimate of drug-likeness (QED) is 0.0182. The highest BCUT2D eigenvalue weighted by Crippen LogP contribution is 2.39. The molecule has 0 aliphatic carbocycles. The molecule has 0 unspecified atom stereocenters. The zero-order valence-electron chi connectivity index (χ0n) is 33.9. The van der Waals surface area contributed by atoms with Crippen LogP contribution in [0.25, 0.3) is 0 Å². The third-order valence-corrected chi connectivity index (χ3v) is 10.6. The number of unbranched alkanes of at least 4 members (excludes halogenated alkanes) is 26. The lowest BCUT2D eigenvalue weighted by Crippen LogP contribution is -2.04. The van der Waals surface area contributed by atoms with E-state index in [4.69, 9.17) is 19.5 Å². The molecule has 2 aromatic rings. The summed E-state index contributed by atoms with van der Waals surface area (Å²) in [4.78, 5) is -1.18. The van der Waals surface area contributed by atoms with Gasteiger partial charge in [-0.25, -0.2) is 14.0 Å².